The fourth-order valence-corrected chi connectivity index (χ4v) is 1.42. The standard InChI is InChI=1S/C11H23N3O2/c1-3-5-9(2)14-11(16)8-13-7-4-6-10(12)15/h9,13H,3-8H2,1-2H3,(H2,12,15)(H,14,16). The van der Waals surface area contributed by atoms with Crippen LogP contribution in [0.15, 0.2) is 0 Å². The molecular formula is C11H23N3O2. The topological polar surface area (TPSA) is 84.2 Å². The predicted octanol–water partition coefficient (Wildman–Crippen LogP) is 0.146. The zero-order valence-electron chi connectivity index (χ0n) is 10.2. The van der Waals surface area contributed by atoms with Gasteiger partial charge in [-0.2, -0.15) is 0 Å². The van der Waals surface area contributed by atoms with Gasteiger partial charge in [-0.3, -0.25) is 9.59 Å². The fourth-order valence-electron chi connectivity index (χ4n) is 1.42. The lowest BCUT2D eigenvalue weighted by atomic mass is 10.2. The molecule has 0 saturated carbocycles. The van der Waals surface area contributed by atoms with Crippen molar-refractivity contribution in [2.24, 2.45) is 5.73 Å². The van der Waals surface area contributed by atoms with E-state index in [-0.39, 0.29) is 17.9 Å². The number of carbonyl (C=O) groups is 2. The third kappa shape index (κ3) is 9.45. The van der Waals surface area contributed by atoms with E-state index in [1.165, 1.54) is 0 Å². The molecule has 0 aromatic rings. The first-order chi connectivity index (χ1) is 7.56. The lowest BCUT2D eigenvalue weighted by Gasteiger charge is -2.12. The maximum absolute atomic E-state index is 11.4. The number of primary amides is 1. The van der Waals surface area contributed by atoms with E-state index >= 15 is 0 Å². The Morgan fingerprint density at radius 1 is 1.38 bits per heavy atom. The minimum atomic E-state index is -0.303. The average Bonchev–Trinajstić information content (AvgIpc) is 2.16. The molecule has 0 rings (SSSR count). The summed E-state index contributed by atoms with van der Waals surface area (Å²) in [5, 5.41) is 5.86. The Kier molecular flexibility index (Phi) is 8.52. The highest BCUT2D eigenvalue weighted by molar-refractivity contribution is 5.78. The molecule has 5 heteroatoms. The number of rotatable bonds is 9. The molecular weight excluding hydrogens is 206 g/mol. The molecule has 0 bridgehead atoms. The van der Waals surface area contributed by atoms with Gasteiger partial charge in [0.15, 0.2) is 0 Å². The Morgan fingerprint density at radius 2 is 2.06 bits per heavy atom. The van der Waals surface area contributed by atoms with Gasteiger partial charge in [0, 0.05) is 12.5 Å². The second-order valence-electron chi connectivity index (χ2n) is 4.00. The van der Waals surface area contributed by atoms with Crippen LogP contribution in [0, 0.1) is 0 Å². The van der Waals surface area contributed by atoms with Gasteiger partial charge in [0.2, 0.25) is 11.8 Å². The second-order valence-corrected chi connectivity index (χ2v) is 4.00. The molecule has 1 unspecified atom stereocenters. The van der Waals surface area contributed by atoms with E-state index < -0.39 is 0 Å². The molecule has 0 heterocycles. The van der Waals surface area contributed by atoms with Crippen molar-refractivity contribution in [3.05, 3.63) is 0 Å². The molecule has 0 saturated heterocycles. The van der Waals surface area contributed by atoms with Gasteiger partial charge in [-0.05, 0) is 26.3 Å². The smallest absolute Gasteiger partial charge is 0.234 e. The van der Waals surface area contributed by atoms with Crippen molar-refractivity contribution in [1.29, 1.82) is 0 Å². The zero-order chi connectivity index (χ0) is 12.4. The molecule has 0 aromatic heterocycles. The summed E-state index contributed by atoms with van der Waals surface area (Å²) in [5.41, 5.74) is 4.99. The van der Waals surface area contributed by atoms with Crippen LogP contribution in [0.2, 0.25) is 0 Å². The van der Waals surface area contributed by atoms with Crippen LogP contribution < -0.4 is 16.4 Å². The van der Waals surface area contributed by atoms with Crippen molar-refractivity contribution in [3.63, 3.8) is 0 Å². The second kappa shape index (κ2) is 9.15. The van der Waals surface area contributed by atoms with Crippen molar-refractivity contribution in [1.82, 2.24) is 10.6 Å². The van der Waals surface area contributed by atoms with Crippen LogP contribution in [0.5, 0.6) is 0 Å². The molecule has 5 nitrogen and oxygen atoms in total. The number of hydrogen-bond acceptors (Lipinski definition) is 3. The van der Waals surface area contributed by atoms with E-state index in [2.05, 4.69) is 17.6 Å². The average molecular weight is 229 g/mol. The highest BCUT2D eigenvalue weighted by Crippen LogP contribution is 1.93. The van der Waals surface area contributed by atoms with Gasteiger partial charge >= 0.3 is 0 Å². The van der Waals surface area contributed by atoms with Crippen LogP contribution in [0.25, 0.3) is 0 Å². The Hall–Kier alpha value is -1.10. The first-order valence-corrected chi connectivity index (χ1v) is 5.84. The summed E-state index contributed by atoms with van der Waals surface area (Å²) >= 11 is 0. The monoisotopic (exact) mass is 229 g/mol. The Bertz CT molecular complexity index is 219. The number of amides is 2. The lowest BCUT2D eigenvalue weighted by molar-refractivity contribution is -0.120. The lowest BCUT2D eigenvalue weighted by Crippen LogP contribution is -2.39. The molecule has 0 spiro atoms. The summed E-state index contributed by atoms with van der Waals surface area (Å²) in [6, 6.07) is 0.227. The number of nitrogens with two attached hydrogens (primary N) is 1. The molecule has 0 aliphatic carbocycles. The van der Waals surface area contributed by atoms with Crippen LogP contribution in [-0.4, -0.2) is 30.9 Å². The maximum atomic E-state index is 11.4. The van der Waals surface area contributed by atoms with E-state index in [9.17, 15) is 9.59 Å². The third-order valence-electron chi connectivity index (χ3n) is 2.19. The molecule has 0 aliphatic heterocycles. The SMILES string of the molecule is CCCC(C)NC(=O)CNCCCC(N)=O. The van der Waals surface area contributed by atoms with Gasteiger partial charge in [0.25, 0.3) is 0 Å². The number of hydrogen-bond donors (Lipinski definition) is 3. The molecule has 2 amide bonds. The first-order valence-electron chi connectivity index (χ1n) is 5.84. The molecule has 94 valence electrons. The van der Waals surface area contributed by atoms with Gasteiger partial charge in [0.05, 0.1) is 6.54 Å². The zero-order valence-corrected chi connectivity index (χ0v) is 10.2. The molecule has 16 heavy (non-hydrogen) atoms. The summed E-state index contributed by atoms with van der Waals surface area (Å²) < 4.78 is 0. The number of carbonyl (C=O) groups excluding carboxylic acids is 2. The number of nitrogens with one attached hydrogen (secondary N) is 2. The van der Waals surface area contributed by atoms with Gasteiger partial charge in [-0.25, -0.2) is 0 Å². The van der Waals surface area contributed by atoms with Gasteiger partial charge in [-0.15, -0.1) is 0 Å². The fraction of sp³-hybridized carbons (Fsp3) is 0.818. The van der Waals surface area contributed by atoms with Crippen LogP contribution in [0.4, 0.5) is 0 Å². The Morgan fingerprint density at radius 3 is 2.62 bits per heavy atom. The summed E-state index contributed by atoms with van der Waals surface area (Å²) in [4.78, 5) is 21.8. The highest BCUT2D eigenvalue weighted by atomic mass is 16.2. The highest BCUT2D eigenvalue weighted by Gasteiger charge is 2.05. The Labute approximate surface area is 97.2 Å². The van der Waals surface area contributed by atoms with E-state index in [1.807, 2.05) is 6.92 Å². The maximum Gasteiger partial charge on any atom is 0.234 e. The predicted molar refractivity (Wildman–Crippen MR) is 63.8 cm³/mol. The van der Waals surface area contributed by atoms with E-state index in [4.69, 9.17) is 5.73 Å². The molecule has 0 radical (unpaired) electrons. The van der Waals surface area contributed by atoms with Crippen molar-refractivity contribution in [2.75, 3.05) is 13.1 Å². The van der Waals surface area contributed by atoms with Crippen molar-refractivity contribution in [2.45, 2.75) is 45.6 Å². The van der Waals surface area contributed by atoms with Crippen molar-refractivity contribution >= 4 is 11.8 Å². The summed E-state index contributed by atoms with van der Waals surface area (Å²) in [7, 11) is 0. The van der Waals surface area contributed by atoms with Gasteiger partial charge < -0.3 is 16.4 Å². The minimum absolute atomic E-state index is 0.0000231. The van der Waals surface area contributed by atoms with Crippen LogP contribution in [0.1, 0.15) is 39.5 Å². The van der Waals surface area contributed by atoms with Crippen LogP contribution in [-0.2, 0) is 9.59 Å². The summed E-state index contributed by atoms with van der Waals surface area (Å²) in [6.45, 7) is 5.02. The van der Waals surface area contributed by atoms with E-state index in [0.29, 0.717) is 25.9 Å². The van der Waals surface area contributed by atoms with E-state index in [1.54, 1.807) is 0 Å². The largest absolute Gasteiger partial charge is 0.370 e. The molecule has 4 N–H and O–H groups in total. The van der Waals surface area contributed by atoms with Gasteiger partial charge in [-0.1, -0.05) is 13.3 Å². The minimum Gasteiger partial charge on any atom is -0.370 e. The van der Waals surface area contributed by atoms with Crippen molar-refractivity contribution < 1.29 is 9.59 Å². The third-order valence-corrected chi connectivity index (χ3v) is 2.19. The quantitative estimate of drug-likeness (QED) is 0.492. The van der Waals surface area contributed by atoms with Gasteiger partial charge in [0.1, 0.15) is 0 Å². The summed E-state index contributed by atoms with van der Waals surface area (Å²) in [6.07, 6.45) is 3.09. The van der Waals surface area contributed by atoms with E-state index in [0.717, 1.165) is 12.8 Å². The molecule has 0 aromatic carbocycles. The van der Waals surface area contributed by atoms with Crippen LogP contribution in [0.3, 0.4) is 0 Å². The summed E-state index contributed by atoms with van der Waals surface area (Å²) in [5.74, 6) is -0.303. The first kappa shape index (κ1) is 14.9. The van der Waals surface area contributed by atoms with Crippen LogP contribution >= 0.6 is 0 Å². The molecule has 1 atom stereocenters. The normalized spacial score (nSPS) is 12.1. The molecule has 0 aliphatic rings. The Balaban J connectivity index is 3.40. The van der Waals surface area contributed by atoms with Crippen molar-refractivity contribution in [3.8, 4) is 0 Å². The molecule has 0 fully saturated rings.